The molecule has 2 aliphatic carbocycles. The van der Waals surface area contributed by atoms with Crippen LogP contribution < -0.4 is 9.64 Å². The number of non-ortho nitro benzene ring substituents is 1. The molecule has 2 aromatic rings. The van der Waals surface area contributed by atoms with Crippen LogP contribution >= 0.6 is 39.1 Å². The van der Waals surface area contributed by atoms with Crippen LogP contribution in [0, 0.1) is 27.9 Å². The zero-order chi connectivity index (χ0) is 30.3. The van der Waals surface area contributed by atoms with Crippen LogP contribution in [0.2, 0.25) is 0 Å². The van der Waals surface area contributed by atoms with Crippen molar-refractivity contribution in [2.24, 2.45) is 17.8 Å². The van der Waals surface area contributed by atoms with Crippen LogP contribution in [0.4, 0.5) is 11.4 Å². The van der Waals surface area contributed by atoms with Gasteiger partial charge in [-0.05, 0) is 30.9 Å². The fourth-order valence-electron chi connectivity index (χ4n) is 6.99. The van der Waals surface area contributed by atoms with E-state index in [1.54, 1.807) is 12.1 Å². The summed E-state index contributed by atoms with van der Waals surface area (Å²) in [5.41, 5.74) is 0.298. The SMILES string of the molecule is COc1ccc(C2C3=CCC4C(=O)N(c5cccc([N+](=O)[O-])c5)C(=O)C4C3CC3(Cl)C(=O)N(CBr)C(=O)C23Cl)c(O)c1. The van der Waals surface area contributed by atoms with Gasteiger partial charge in [0.2, 0.25) is 11.8 Å². The highest BCUT2D eigenvalue weighted by atomic mass is 79.9. The number of nitro groups is 1. The number of methoxy groups -OCH3 is 1. The molecule has 2 heterocycles. The third-order valence-corrected chi connectivity index (χ3v) is 10.8. The van der Waals surface area contributed by atoms with Crippen LogP contribution in [0.5, 0.6) is 11.5 Å². The van der Waals surface area contributed by atoms with Gasteiger partial charge in [0.1, 0.15) is 11.5 Å². The Kier molecular flexibility index (Phi) is 6.67. The van der Waals surface area contributed by atoms with Crippen LogP contribution in [0.3, 0.4) is 0 Å². The summed E-state index contributed by atoms with van der Waals surface area (Å²) in [6.45, 7) is 0. The van der Waals surface area contributed by atoms with E-state index in [-0.39, 0.29) is 41.0 Å². The fourth-order valence-corrected chi connectivity index (χ4v) is 8.41. The number of nitrogens with zero attached hydrogens (tertiary/aromatic N) is 3. The van der Waals surface area contributed by atoms with Crippen LogP contribution in [-0.4, -0.2) is 60.9 Å². The van der Waals surface area contributed by atoms with Gasteiger partial charge in [0, 0.05) is 29.7 Å². The van der Waals surface area contributed by atoms with Crippen molar-refractivity contribution in [3.63, 3.8) is 0 Å². The molecule has 218 valence electrons. The maximum absolute atomic E-state index is 14.0. The normalized spacial score (nSPS) is 32.0. The number of amides is 4. The molecule has 1 saturated carbocycles. The van der Waals surface area contributed by atoms with Crippen molar-refractivity contribution in [3.05, 3.63) is 69.8 Å². The molecule has 4 amide bonds. The number of aromatic hydroxyl groups is 1. The number of hydrogen-bond donors (Lipinski definition) is 1. The van der Waals surface area contributed by atoms with Gasteiger partial charge in [-0.25, -0.2) is 4.90 Å². The minimum atomic E-state index is -2.06. The Hall–Kier alpha value is -3.48. The van der Waals surface area contributed by atoms with Crippen molar-refractivity contribution >= 4 is 74.1 Å². The second kappa shape index (κ2) is 9.78. The third kappa shape index (κ3) is 3.64. The van der Waals surface area contributed by atoms with Crippen molar-refractivity contribution < 1.29 is 33.9 Å². The van der Waals surface area contributed by atoms with E-state index in [1.807, 2.05) is 0 Å². The fraction of sp³-hybridized carbons (Fsp3) is 0.357. The highest BCUT2D eigenvalue weighted by molar-refractivity contribution is 9.09. The van der Waals surface area contributed by atoms with E-state index in [0.29, 0.717) is 11.3 Å². The maximum Gasteiger partial charge on any atom is 0.271 e. The number of benzene rings is 2. The first kappa shape index (κ1) is 28.6. The van der Waals surface area contributed by atoms with Gasteiger partial charge in [0.25, 0.3) is 17.5 Å². The number of alkyl halides is 3. The van der Waals surface area contributed by atoms with E-state index in [1.165, 1.54) is 37.4 Å². The molecule has 0 radical (unpaired) electrons. The van der Waals surface area contributed by atoms with Crippen molar-refractivity contribution in [2.45, 2.75) is 28.5 Å². The van der Waals surface area contributed by atoms with E-state index in [4.69, 9.17) is 27.9 Å². The number of allylic oxidation sites excluding steroid dienone is 2. The average molecular weight is 679 g/mol. The summed E-state index contributed by atoms with van der Waals surface area (Å²) in [6.07, 6.45) is 1.61. The molecule has 0 bridgehead atoms. The quantitative estimate of drug-likeness (QED) is 0.123. The van der Waals surface area contributed by atoms with E-state index < -0.39 is 62.0 Å². The number of phenolic OH excluding ortho intramolecular Hbond substituents is 1. The number of ether oxygens (including phenoxy) is 1. The van der Waals surface area contributed by atoms with E-state index >= 15 is 0 Å². The minimum Gasteiger partial charge on any atom is -0.508 e. The standard InChI is InChI=1S/C28H22BrCl2N3O8/c1-42-15-5-6-17(20(35)10-15)22-16-7-8-18-21(19(16)11-27(30)25(38)32(12-29)26(39)28(22,27)31)24(37)33(23(18)36)13-3-2-4-14(9-13)34(40)41/h2-7,9-10,18-19,21-22,35H,8,11-12H2,1H3. The summed E-state index contributed by atoms with van der Waals surface area (Å²) in [6, 6.07) is 9.67. The largest absolute Gasteiger partial charge is 0.508 e. The first-order valence-electron chi connectivity index (χ1n) is 12.9. The average Bonchev–Trinajstić information content (AvgIpc) is 3.31. The summed E-state index contributed by atoms with van der Waals surface area (Å²) in [5.74, 6) is -6.35. The molecule has 2 aromatic carbocycles. The molecular formula is C28H22BrCl2N3O8. The Morgan fingerprint density at radius 1 is 1.10 bits per heavy atom. The second-order valence-corrected chi connectivity index (χ2v) is 12.4. The molecule has 4 aliphatic rings. The van der Waals surface area contributed by atoms with E-state index in [2.05, 4.69) is 15.9 Å². The molecule has 6 rings (SSSR count). The molecule has 3 fully saturated rings. The van der Waals surface area contributed by atoms with E-state index in [0.717, 1.165) is 15.9 Å². The monoisotopic (exact) mass is 677 g/mol. The lowest BCUT2D eigenvalue weighted by Crippen LogP contribution is -2.60. The number of anilines is 1. The van der Waals surface area contributed by atoms with Gasteiger partial charge in [-0.1, -0.05) is 39.7 Å². The van der Waals surface area contributed by atoms with Crippen molar-refractivity contribution in [1.82, 2.24) is 4.90 Å². The van der Waals surface area contributed by atoms with Crippen LogP contribution in [0.15, 0.2) is 54.1 Å². The van der Waals surface area contributed by atoms with Gasteiger partial charge in [0.05, 0.1) is 35.0 Å². The minimum absolute atomic E-state index is 0.0557. The highest BCUT2D eigenvalue weighted by Crippen LogP contribution is 2.66. The molecule has 0 spiro atoms. The van der Waals surface area contributed by atoms with Crippen molar-refractivity contribution in [3.8, 4) is 11.5 Å². The summed E-state index contributed by atoms with van der Waals surface area (Å²) >= 11 is 17.5. The number of likely N-dealkylation sites (tertiary alicyclic amines) is 1. The number of nitro benzene ring substituents is 1. The summed E-state index contributed by atoms with van der Waals surface area (Å²) in [4.78, 5) is 63.7. The number of halogens is 3. The van der Waals surface area contributed by atoms with Gasteiger partial charge >= 0.3 is 0 Å². The molecular weight excluding hydrogens is 657 g/mol. The zero-order valence-electron chi connectivity index (χ0n) is 21.8. The number of fused-ring (bicyclic) bond motifs is 4. The van der Waals surface area contributed by atoms with Crippen LogP contribution in [0.1, 0.15) is 24.3 Å². The van der Waals surface area contributed by atoms with E-state index in [9.17, 15) is 34.4 Å². The lowest BCUT2D eigenvalue weighted by atomic mass is 9.56. The molecule has 2 saturated heterocycles. The summed E-state index contributed by atoms with van der Waals surface area (Å²) < 4.78 is 5.21. The molecule has 0 aromatic heterocycles. The predicted molar refractivity (Wildman–Crippen MR) is 154 cm³/mol. The Morgan fingerprint density at radius 2 is 1.83 bits per heavy atom. The molecule has 6 unspecified atom stereocenters. The maximum atomic E-state index is 14.0. The Labute approximate surface area is 257 Å². The molecule has 2 aliphatic heterocycles. The summed E-state index contributed by atoms with van der Waals surface area (Å²) in [7, 11) is 1.42. The number of phenols is 1. The number of imide groups is 2. The van der Waals surface area contributed by atoms with Crippen LogP contribution in [-0.2, 0) is 19.2 Å². The van der Waals surface area contributed by atoms with Crippen LogP contribution in [0.25, 0.3) is 0 Å². The second-order valence-electron chi connectivity index (χ2n) is 10.7. The third-order valence-electron chi connectivity index (χ3n) is 8.86. The Morgan fingerprint density at radius 3 is 2.48 bits per heavy atom. The first-order chi connectivity index (χ1) is 19.9. The lowest BCUT2D eigenvalue weighted by molar-refractivity contribution is -0.384. The smallest absolute Gasteiger partial charge is 0.271 e. The van der Waals surface area contributed by atoms with Gasteiger partial charge in [-0.3, -0.25) is 34.2 Å². The predicted octanol–water partition coefficient (Wildman–Crippen LogP) is 4.22. The highest BCUT2D eigenvalue weighted by Gasteiger charge is 2.76. The zero-order valence-corrected chi connectivity index (χ0v) is 24.9. The first-order valence-corrected chi connectivity index (χ1v) is 14.8. The lowest BCUT2D eigenvalue weighted by Gasteiger charge is -2.50. The van der Waals surface area contributed by atoms with Gasteiger partial charge in [-0.15, -0.1) is 23.2 Å². The molecule has 14 heteroatoms. The molecule has 6 atom stereocenters. The molecule has 42 heavy (non-hydrogen) atoms. The number of hydrogen-bond acceptors (Lipinski definition) is 8. The molecule has 11 nitrogen and oxygen atoms in total. The van der Waals surface area contributed by atoms with Gasteiger partial charge < -0.3 is 9.84 Å². The van der Waals surface area contributed by atoms with Gasteiger partial charge in [-0.2, -0.15) is 0 Å². The molecule has 1 N–H and O–H groups in total. The number of carbonyl (C=O) groups excluding carboxylic acids is 4. The number of carbonyl (C=O) groups is 4. The van der Waals surface area contributed by atoms with Crippen molar-refractivity contribution in [2.75, 3.05) is 17.5 Å². The topological polar surface area (TPSA) is 147 Å². The Balaban J connectivity index is 1.51. The summed E-state index contributed by atoms with van der Waals surface area (Å²) in [5, 5.41) is 22.5. The van der Waals surface area contributed by atoms with Gasteiger partial charge in [0.15, 0.2) is 9.75 Å². The Bertz CT molecular complexity index is 1630. The number of rotatable bonds is 5. The van der Waals surface area contributed by atoms with Crippen molar-refractivity contribution in [1.29, 1.82) is 0 Å².